The van der Waals surface area contributed by atoms with Crippen LogP contribution >= 0.6 is 11.3 Å². The molecule has 0 bridgehead atoms. The SMILES string of the molecule is CN1CCC(=O)N(c2ccc(Nc3cc(NCc4cccc5ccsc45)c(C(N)=O)cn3)nc2)CC1. The number of carbonyl (C=O) groups excluding carboxylic acids is 2. The lowest BCUT2D eigenvalue weighted by Crippen LogP contribution is -2.32. The van der Waals surface area contributed by atoms with Crippen LogP contribution in [0.1, 0.15) is 22.3 Å². The van der Waals surface area contributed by atoms with Crippen LogP contribution in [0.15, 0.2) is 60.2 Å². The van der Waals surface area contributed by atoms with Gasteiger partial charge in [-0.15, -0.1) is 11.3 Å². The van der Waals surface area contributed by atoms with E-state index in [9.17, 15) is 9.59 Å². The molecule has 0 spiro atoms. The Morgan fingerprint density at radius 2 is 1.94 bits per heavy atom. The minimum atomic E-state index is -0.555. The van der Waals surface area contributed by atoms with E-state index in [0.29, 0.717) is 42.4 Å². The predicted molar refractivity (Wildman–Crippen MR) is 144 cm³/mol. The monoisotopic (exact) mass is 501 g/mol. The predicted octanol–water partition coefficient (Wildman–Crippen LogP) is 3.81. The topological polar surface area (TPSA) is 116 Å². The van der Waals surface area contributed by atoms with E-state index in [1.54, 1.807) is 28.5 Å². The Labute approximate surface area is 213 Å². The quantitative estimate of drug-likeness (QED) is 0.353. The van der Waals surface area contributed by atoms with Crippen molar-refractivity contribution in [3.63, 3.8) is 0 Å². The summed E-state index contributed by atoms with van der Waals surface area (Å²) >= 11 is 1.69. The lowest BCUT2D eigenvalue weighted by Gasteiger charge is -2.20. The van der Waals surface area contributed by atoms with E-state index in [-0.39, 0.29) is 5.91 Å². The van der Waals surface area contributed by atoms with Gasteiger partial charge in [-0.05, 0) is 41.6 Å². The normalized spacial score (nSPS) is 14.6. The van der Waals surface area contributed by atoms with E-state index in [2.05, 4.69) is 49.1 Å². The summed E-state index contributed by atoms with van der Waals surface area (Å²) in [6.45, 7) is 2.74. The molecule has 1 aromatic carbocycles. The van der Waals surface area contributed by atoms with Gasteiger partial charge in [0.1, 0.15) is 11.6 Å². The molecule has 4 N–H and O–H groups in total. The highest BCUT2D eigenvalue weighted by atomic mass is 32.1. The van der Waals surface area contributed by atoms with Gasteiger partial charge in [0.15, 0.2) is 0 Å². The summed E-state index contributed by atoms with van der Waals surface area (Å²) < 4.78 is 1.21. The molecule has 1 aliphatic rings. The highest BCUT2D eigenvalue weighted by Gasteiger charge is 2.20. The van der Waals surface area contributed by atoms with Gasteiger partial charge in [-0.2, -0.15) is 0 Å². The molecule has 1 fully saturated rings. The van der Waals surface area contributed by atoms with E-state index in [1.807, 2.05) is 25.2 Å². The number of fused-ring (bicyclic) bond motifs is 1. The number of anilines is 4. The first-order valence-electron chi connectivity index (χ1n) is 11.7. The van der Waals surface area contributed by atoms with E-state index in [1.165, 1.54) is 16.3 Å². The molecule has 5 rings (SSSR count). The van der Waals surface area contributed by atoms with Gasteiger partial charge in [0, 0.05) is 49.6 Å². The fourth-order valence-corrected chi connectivity index (χ4v) is 5.12. The number of aromatic nitrogens is 2. The van der Waals surface area contributed by atoms with E-state index >= 15 is 0 Å². The van der Waals surface area contributed by atoms with Crippen LogP contribution in [0.3, 0.4) is 0 Å². The smallest absolute Gasteiger partial charge is 0.252 e. The van der Waals surface area contributed by atoms with Crippen molar-refractivity contribution in [3.05, 3.63) is 71.4 Å². The number of carbonyl (C=O) groups is 2. The number of primary amides is 1. The van der Waals surface area contributed by atoms with Gasteiger partial charge in [-0.25, -0.2) is 9.97 Å². The van der Waals surface area contributed by atoms with E-state index < -0.39 is 5.91 Å². The van der Waals surface area contributed by atoms with Gasteiger partial charge < -0.3 is 26.2 Å². The van der Waals surface area contributed by atoms with Crippen molar-refractivity contribution in [1.29, 1.82) is 0 Å². The highest BCUT2D eigenvalue weighted by molar-refractivity contribution is 7.17. The molecule has 4 aromatic rings. The lowest BCUT2D eigenvalue weighted by atomic mass is 10.1. The van der Waals surface area contributed by atoms with Crippen LogP contribution in [-0.2, 0) is 11.3 Å². The fourth-order valence-electron chi connectivity index (χ4n) is 4.20. The molecule has 1 aliphatic heterocycles. The molecule has 2 amide bonds. The zero-order chi connectivity index (χ0) is 25.1. The van der Waals surface area contributed by atoms with Crippen LogP contribution in [-0.4, -0.2) is 53.4 Å². The van der Waals surface area contributed by atoms with Gasteiger partial charge in [0.25, 0.3) is 5.91 Å². The van der Waals surface area contributed by atoms with Crippen LogP contribution in [0, 0.1) is 0 Å². The van der Waals surface area contributed by atoms with Gasteiger partial charge in [-0.3, -0.25) is 9.59 Å². The second kappa shape index (κ2) is 10.3. The maximum Gasteiger partial charge on any atom is 0.252 e. The Hall–Kier alpha value is -4.02. The Kier molecular flexibility index (Phi) is 6.79. The molecule has 9 nitrogen and oxygen atoms in total. The molecule has 184 valence electrons. The second-order valence-corrected chi connectivity index (χ2v) is 9.63. The number of likely N-dealkylation sites (N-methyl/N-ethyl adjacent to an activating group) is 1. The van der Waals surface area contributed by atoms with Crippen molar-refractivity contribution in [1.82, 2.24) is 14.9 Å². The summed E-state index contributed by atoms with van der Waals surface area (Å²) in [6.07, 6.45) is 3.63. The molecule has 0 atom stereocenters. The van der Waals surface area contributed by atoms with Crippen molar-refractivity contribution in [2.75, 3.05) is 42.2 Å². The Morgan fingerprint density at radius 1 is 1.08 bits per heavy atom. The highest BCUT2D eigenvalue weighted by Crippen LogP contribution is 2.27. The maximum absolute atomic E-state index is 12.5. The van der Waals surface area contributed by atoms with Crippen molar-refractivity contribution >= 4 is 56.2 Å². The molecule has 4 heterocycles. The zero-order valence-electron chi connectivity index (χ0n) is 19.9. The van der Waals surface area contributed by atoms with Crippen molar-refractivity contribution < 1.29 is 9.59 Å². The Morgan fingerprint density at radius 3 is 2.75 bits per heavy atom. The number of hydrogen-bond donors (Lipinski definition) is 3. The van der Waals surface area contributed by atoms with Gasteiger partial charge >= 0.3 is 0 Å². The third-order valence-corrected chi connectivity index (χ3v) is 7.23. The van der Waals surface area contributed by atoms with Crippen molar-refractivity contribution in [2.45, 2.75) is 13.0 Å². The molecule has 36 heavy (non-hydrogen) atoms. The largest absolute Gasteiger partial charge is 0.380 e. The summed E-state index contributed by atoms with van der Waals surface area (Å²) in [5, 5.41) is 9.77. The third kappa shape index (κ3) is 5.14. The molecular formula is C26H27N7O2S. The summed E-state index contributed by atoms with van der Waals surface area (Å²) in [6, 6.07) is 13.7. The summed E-state index contributed by atoms with van der Waals surface area (Å²) in [5.41, 5.74) is 8.39. The van der Waals surface area contributed by atoms with Crippen LogP contribution in [0.2, 0.25) is 0 Å². The number of nitrogens with one attached hydrogen (secondary N) is 2. The molecule has 0 unspecified atom stereocenters. The van der Waals surface area contributed by atoms with Crippen LogP contribution in [0.5, 0.6) is 0 Å². The Balaban J connectivity index is 1.32. The summed E-state index contributed by atoms with van der Waals surface area (Å²) in [5.74, 6) is 0.636. The first-order valence-corrected chi connectivity index (χ1v) is 12.6. The van der Waals surface area contributed by atoms with E-state index in [0.717, 1.165) is 24.3 Å². The van der Waals surface area contributed by atoms with Gasteiger partial charge in [0.2, 0.25) is 5.91 Å². The number of thiophene rings is 1. The fraction of sp³-hybridized carbons (Fsp3) is 0.231. The third-order valence-electron chi connectivity index (χ3n) is 6.23. The average molecular weight is 502 g/mol. The molecular weight excluding hydrogens is 474 g/mol. The minimum Gasteiger partial charge on any atom is -0.380 e. The Bertz CT molecular complexity index is 1400. The first-order chi connectivity index (χ1) is 17.5. The molecule has 3 aromatic heterocycles. The molecule has 0 saturated carbocycles. The maximum atomic E-state index is 12.5. The number of hydrogen-bond acceptors (Lipinski definition) is 8. The summed E-state index contributed by atoms with van der Waals surface area (Å²) in [7, 11) is 2.02. The second-order valence-electron chi connectivity index (χ2n) is 8.71. The first kappa shape index (κ1) is 23.7. The molecule has 10 heteroatoms. The number of nitrogens with zero attached hydrogens (tertiary/aromatic N) is 4. The zero-order valence-corrected chi connectivity index (χ0v) is 20.7. The molecule has 0 radical (unpaired) electrons. The van der Waals surface area contributed by atoms with Gasteiger partial charge in [0.05, 0.1) is 23.1 Å². The number of amides is 2. The van der Waals surface area contributed by atoms with E-state index in [4.69, 9.17) is 5.73 Å². The number of benzene rings is 1. The van der Waals surface area contributed by atoms with Crippen LogP contribution in [0.4, 0.5) is 23.0 Å². The number of pyridine rings is 2. The number of rotatable bonds is 7. The van der Waals surface area contributed by atoms with Crippen LogP contribution < -0.4 is 21.3 Å². The number of nitrogens with two attached hydrogens (primary N) is 1. The minimum absolute atomic E-state index is 0.0968. The van der Waals surface area contributed by atoms with Crippen molar-refractivity contribution in [2.24, 2.45) is 5.73 Å². The van der Waals surface area contributed by atoms with Gasteiger partial charge in [-0.1, -0.05) is 18.2 Å². The van der Waals surface area contributed by atoms with Crippen molar-refractivity contribution in [3.8, 4) is 0 Å². The van der Waals surface area contributed by atoms with Crippen LogP contribution in [0.25, 0.3) is 10.1 Å². The lowest BCUT2D eigenvalue weighted by molar-refractivity contribution is -0.118. The average Bonchev–Trinajstić information content (AvgIpc) is 3.30. The molecule has 1 saturated heterocycles. The molecule has 0 aliphatic carbocycles. The standard InChI is InChI=1S/C26H27N7O2S/c1-32-9-7-24(34)33(11-10-32)19-5-6-22(29-15-19)31-23-13-21(20(16-30-23)26(27)35)28-14-18-4-2-3-17-8-12-36-25(17)18/h2-6,8,12-13,15-16H,7,9-11,14H2,1H3,(H2,27,35)(H2,28,29,30,31). The summed E-state index contributed by atoms with van der Waals surface area (Å²) in [4.78, 5) is 37.2.